The normalized spacial score (nSPS) is 19.1. The fourth-order valence-corrected chi connectivity index (χ4v) is 1.75. The SMILES string of the molecule is CNc1ccc(C(=O)N(C)C2CCOC2)nn1. The summed E-state index contributed by atoms with van der Waals surface area (Å²) in [6.07, 6.45) is 0.879. The number of amides is 1. The summed E-state index contributed by atoms with van der Waals surface area (Å²) < 4.78 is 5.26. The van der Waals surface area contributed by atoms with Gasteiger partial charge in [0.25, 0.3) is 5.91 Å². The molecule has 6 heteroatoms. The van der Waals surface area contributed by atoms with Crippen LogP contribution in [-0.4, -0.2) is 54.4 Å². The highest BCUT2D eigenvalue weighted by Crippen LogP contribution is 2.13. The Morgan fingerprint density at radius 2 is 2.35 bits per heavy atom. The summed E-state index contributed by atoms with van der Waals surface area (Å²) >= 11 is 0. The number of nitrogens with zero attached hydrogens (tertiary/aromatic N) is 3. The van der Waals surface area contributed by atoms with E-state index in [0.717, 1.165) is 6.42 Å². The van der Waals surface area contributed by atoms with Crippen LogP contribution >= 0.6 is 0 Å². The van der Waals surface area contributed by atoms with E-state index >= 15 is 0 Å². The first-order valence-corrected chi connectivity index (χ1v) is 5.58. The molecule has 0 radical (unpaired) electrons. The van der Waals surface area contributed by atoms with Gasteiger partial charge in [-0.3, -0.25) is 4.79 Å². The number of carbonyl (C=O) groups is 1. The Morgan fingerprint density at radius 1 is 1.53 bits per heavy atom. The second-order valence-corrected chi connectivity index (χ2v) is 3.99. The van der Waals surface area contributed by atoms with Gasteiger partial charge in [-0.05, 0) is 18.6 Å². The molecule has 1 aromatic rings. The van der Waals surface area contributed by atoms with Gasteiger partial charge < -0.3 is 15.0 Å². The third kappa shape index (κ3) is 2.52. The van der Waals surface area contributed by atoms with Crippen LogP contribution in [0.2, 0.25) is 0 Å². The molecule has 0 spiro atoms. The van der Waals surface area contributed by atoms with Crippen LogP contribution in [0.1, 0.15) is 16.9 Å². The monoisotopic (exact) mass is 236 g/mol. The number of hydrogen-bond donors (Lipinski definition) is 1. The van der Waals surface area contributed by atoms with Crippen LogP contribution in [0.5, 0.6) is 0 Å². The molecular formula is C11H16N4O2. The standard InChI is InChI=1S/C11H16N4O2/c1-12-10-4-3-9(13-14-10)11(16)15(2)8-5-6-17-7-8/h3-4,8H,5-7H2,1-2H3,(H,12,14). The molecule has 1 aliphatic rings. The van der Waals surface area contributed by atoms with Gasteiger partial charge in [0.2, 0.25) is 0 Å². The summed E-state index contributed by atoms with van der Waals surface area (Å²) in [7, 11) is 3.53. The van der Waals surface area contributed by atoms with E-state index in [1.807, 2.05) is 0 Å². The average molecular weight is 236 g/mol. The molecule has 92 valence electrons. The Bertz CT molecular complexity index is 387. The number of carbonyl (C=O) groups excluding carboxylic acids is 1. The van der Waals surface area contributed by atoms with Gasteiger partial charge in [-0.25, -0.2) is 0 Å². The molecule has 17 heavy (non-hydrogen) atoms. The number of likely N-dealkylation sites (N-methyl/N-ethyl adjacent to an activating group) is 1. The minimum Gasteiger partial charge on any atom is -0.379 e. The number of ether oxygens (including phenoxy) is 1. The molecule has 1 aliphatic heterocycles. The molecule has 0 aromatic carbocycles. The van der Waals surface area contributed by atoms with Gasteiger partial charge in [0.1, 0.15) is 5.82 Å². The van der Waals surface area contributed by atoms with Crippen LogP contribution in [0.25, 0.3) is 0 Å². The largest absolute Gasteiger partial charge is 0.379 e. The second kappa shape index (κ2) is 5.09. The lowest BCUT2D eigenvalue weighted by molar-refractivity contribution is 0.0704. The van der Waals surface area contributed by atoms with Crippen molar-refractivity contribution in [3.05, 3.63) is 17.8 Å². The number of nitrogens with one attached hydrogen (secondary N) is 1. The summed E-state index contributed by atoms with van der Waals surface area (Å²) in [5.41, 5.74) is 0.360. The minimum absolute atomic E-state index is 0.115. The summed E-state index contributed by atoms with van der Waals surface area (Å²) in [5, 5.41) is 10.6. The van der Waals surface area contributed by atoms with E-state index in [1.54, 1.807) is 31.1 Å². The fourth-order valence-electron chi connectivity index (χ4n) is 1.75. The topological polar surface area (TPSA) is 67.4 Å². The van der Waals surface area contributed by atoms with E-state index in [1.165, 1.54) is 0 Å². The average Bonchev–Trinajstić information content (AvgIpc) is 2.91. The fraction of sp³-hybridized carbons (Fsp3) is 0.545. The third-order valence-corrected chi connectivity index (χ3v) is 2.91. The Hall–Kier alpha value is -1.69. The summed E-state index contributed by atoms with van der Waals surface area (Å²) in [6, 6.07) is 3.56. The lowest BCUT2D eigenvalue weighted by atomic mass is 10.2. The second-order valence-electron chi connectivity index (χ2n) is 3.99. The molecule has 1 unspecified atom stereocenters. The molecule has 1 N–H and O–H groups in total. The van der Waals surface area contributed by atoms with Crippen LogP contribution in [0.3, 0.4) is 0 Å². The van der Waals surface area contributed by atoms with Crippen molar-refractivity contribution in [1.82, 2.24) is 15.1 Å². The van der Waals surface area contributed by atoms with E-state index in [2.05, 4.69) is 15.5 Å². The first-order valence-electron chi connectivity index (χ1n) is 5.58. The van der Waals surface area contributed by atoms with Crippen molar-refractivity contribution in [2.45, 2.75) is 12.5 Å². The maximum atomic E-state index is 12.1. The van der Waals surface area contributed by atoms with Crippen molar-refractivity contribution in [2.24, 2.45) is 0 Å². The molecule has 1 atom stereocenters. The Balaban J connectivity index is 2.07. The van der Waals surface area contributed by atoms with Crippen molar-refractivity contribution in [1.29, 1.82) is 0 Å². The first-order chi connectivity index (χ1) is 8.22. The zero-order valence-electron chi connectivity index (χ0n) is 10.0. The molecule has 2 rings (SSSR count). The number of rotatable bonds is 3. The van der Waals surface area contributed by atoms with Gasteiger partial charge in [0.05, 0.1) is 12.6 Å². The Kier molecular flexibility index (Phi) is 3.53. The lowest BCUT2D eigenvalue weighted by Gasteiger charge is -2.22. The van der Waals surface area contributed by atoms with Crippen molar-refractivity contribution >= 4 is 11.7 Å². The van der Waals surface area contributed by atoms with Gasteiger partial charge in [-0.15, -0.1) is 10.2 Å². The van der Waals surface area contributed by atoms with E-state index in [-0.39, 0.29) is 11.9 Å². The van der Waals surface area contributed by atoms with E-state index in [9.17, 15) is 4.79 Å². The molecular weight excluding hydrogens is 220 g/mol. The van der Waals surface area contributed by atoms with Crippen LogP contribution in [0.15, 0.2) is 12.1 Å². The maximum Gasteiger partial charge on any atom is 0.274 e. The third-order valence-electron chi connectivity index (χ3n) is 2.91. The lowest BCUT2D eigenvalue weighted by Crippen LogP contribution is -2.37. The highest BCUT2D eigenvalue weighted by atomic mass is 16.5. The van der Waals surface area contributed by atoms with Crippen molar-refractivity contribution < 1.29 is 9.53 Å². The number of hydrogen-bond acceptors (Lipinski definition) is 5. The molecule has 0 aliphatic carbocycles. The van der Waals surface area contributed by atoms with Crippen molar-refractivity contribution in [3.63, 3.8) is 0 Å². The van der Waals surface area contributed by atoms with E-state index in [0.29, 0.717) is 24.7 Å². The summed E-state index contributed by atoms with van der Waals surface area (Å²) in [4.78, 5) is 13.8. The Morgan fingerprint density at radius 3 is 2.88 bits per heavy atom. The summed E-state index contributed by atoms with van der Waals surface area (Å²) in [5.74, 6) is 0.532. The smallest absolute Gasteiger partial charge is 0.274 e. The predicted molar refractivity (Wildman–Crippen MR) is 62.9 cm³/mol. The molecule has 1 fully saturated rings. The van der Waals surface area contributed by atoms with Crippen LogP contribution < -0.4 is 5.32 Å². The predicted octanol–water partition coefficient (Wildman–Crippen LogP) is 0.379. The molecule has 1 aromatic heterocycles. The van der Waals surface area contributed by atoms with Gasteiger partial charge in [-0.2, -0.15) is 0 Å². The van der Waals surface area contributed by atoms with E-state index < -0.39 is 0 Å². The zero-order valence-corrected chi connectivity index (χ0v) is 10.0. The maximum absolute atomic E-state index is 12.1. The highest BCUT2D eigenvalue weighted by Gasteiger charge is 2.25. The minimum atomic E-state index is -0.115. The first kappa shape index (κ1) is 11.8. The molecule has 6 nitrogen and oxygen atoms in total. The van der Waals surface area contributed by atoms with Gasteiger partial charge in [0.15, 0.2) is 5.69 Å². The molecule has 0 bridgehead atoms. The molecule has 1 saturated heterocycles. The quantitative estimate of drug-likeness (QED) is 0.821. The summed E-state index contributed by atoms with van der Waals surface area (Å²) in [6.45, 7) is 1.32. The van der Waals surface area contributed by atoms with Gasteiger partial charge in [0, 0.05) is 20.7 Å². The Labute approximate surface area is 100.0 Å². The van der Waals surface area contributed by atoms with Crippen molar-refractivity contribution in [2.75, 3.05) is 32.6 Å². The number of anilines is 1. The van der Waals surface area contributed by atoms with Gasteiger partial charge >= 0.3 is 0 Å². The van der Waals surface area contributed by atoms with Crippen LogP contribution in [0.4, 0.5) is 5.82 Å². The van der Waals surface area contributed by atoms with Gasteiger partial charge in [-0.1, -0.05) is 0 Å². The zero-order chi connectivity index (χ0) is 12.3. The highest BCUT2D eigenvalue weighted by molar-refractivity contribution is 5.92. The van der Waals surface area contributed by atoms with Crippen LogP contribution in [0, 0.1) is 0 Å². The van der Waals surface area contributed by atoms with Crippen molar-refractivity contribution in [3.8, 4) is 0 Å². The molecule has 1 amide bonds. The number of aromatic nitrogens is 2. The van der Waals surface area contributed by atoms with E-state index in [4.69, 9.17) is 4.74 Å². The molecule has 0 saturated carbocycles. The van der Waals surface area contributed by atoms with Crippen LogP contribution in [-0.2, 0) is 4.74 Å². The molecule has 2 heterocycles.